The summed E-state index contributed by atoms with van der Waals surface area (Å²) >= 11 is 2.26. The molecule has 0 bridgehead atoms. The van der Waals surface area contributed by atoms with Gasteiger partial charge in [0, 0.05) is 9.77 Å². The average Bonchev–Trinajstić information content (AvgIpc) is 2.57. The number of aryl methyl sites for hydroxylation is 1. The zero-order chi connectivity index (χ0) is 11.4. The molecule has 82 valence electrons. The van der Waals surface area contributed by atoms with Crippen molar-refractivity contribution >= 4 is 35.0 Å². The zero-order valence-electron chi connectivity index (χ0n) is 8.02. The van der Waals surface area contributed by atoms with E-state index in [0.717, 1.165) is 23.1 Å². The zero-order valence-corrected chi connectivity index (χ0v) is 9.65. The molecule has 4 nitrogen and oxygen atoms in total. The van der Waals surface area contributed by atoms with Crippen molar-refractivity contribution in [1.29, 1.82) is 0 Å². The fraction of sp³-hybridized carbons (Fsp3) is 0.333. The lowest BCUT2D eigenvalue weighted by atomic mass is 10.3. The Morgan fingerprint density at radius 3 is 2.60 bits per heavy atom. The van der Waals surface area contributed by atoms with Crippen LogP contribution in [0.1, 0.15) is 21.5 Å². The van der Waals surface area contributed by atoms with Crippen LogP contribution in [-0.2, 0) is 11.2 Å². The van der Waals surface area contributed by atoms with Gasteiger partial charge in [0.15, 0.2) is 0 Å². The molecule has 0 saturated carbocycles. The molecule has 0 fully saturated rings. The predicted octanol–water partition coefficient (Wildman–Crippen LogP) is 2.19. The molecule has 1 rings (SSSR count). The van der Waals surface area contributed by atoms with Crippen molar-refractivity contribution in [1.82, 2.24) is 0 Å². The van der Waals surface area contributed by atoms with Crippen LogP contribution in [0.5, 0.6) is 0 Å². The summed E-state index contributed by atoms with van der Waals surface area (Å²) in [4.78, 5) is 23.0. The first-order valence-electron chi connectivity index (χ1n) is 4.25. The summed E-state index contributed by atoms with van der Waals surface area (Å²) in [6.45, 7) is 1.93. The Balaban J connectivity index is 2.88. The van der Waals surface area contributed by atoms with E-state index in [4.69, 9.17) is 10.2 Å². The molecule has 1 aromatic heterocycles. The van der Waals surface area contributed by atoms with Crippen LogP contribution in [0.4, 0.5) is 0 Å². The van der Waals surface area contributed by atoms with E-state index in [0.29, 0.717) is 4.90 Å². The van der Waals surface area contributed by atoms with Crippen LogP contribution in [0.2, 0.25) is 0 Å². The number of thiophene rings is 1. The second kappa shape index (κ2) is 5.18. The molecule has 0 spiro atoms. The number of carboxylic acid groups (broad SMARTS) is 2. The third-order valence-corrected chi connectivity index (χ3v) is 4.06. The Hall–Kier alpha value is -1.01. The van der Waals surface area contributed by atoms with E-state index in [9.17, 15) is 9.59 Å². The standard InChI is InChI=1S/C9H10O4S2/c1-2-5-3-6(14-4-7(10)11)8(15-5)9(12)13/h3H,2,4H2,1H3,(H,10,11)(H,12,13). The second-order valence-electron chi connectivity index (χ2n) is 2.75. The molecule has 6 heteroatoms. The molecule has 2 N–H and O–H groups in total. The minimum absolute atomic E-state index is 0.111. The first-order chi connectivity index (χ1) is 7.04. The van der Waals surface area contributed by atoms with Crippen LogP contribution in [0.15, 0.2) is 11.0 Å². The van der Waals surface area contributed by atoms with Gasteiger partial charge in [-0.15, -0.1) is 23.1 Å². The van der Waals surface area contributed by atoms with Crippen LogP contribution in [0, 0.1) is 0 Å². The highest BCUT2D eigenvalue weighted by Crippen LogP contribution is 2.31. The Morgan fingerprint density at radius 2 is 2.13 bits per heavy atom. The number of carboxylic acids is 2. The molecule has 0 amide bonds. The van der Waals surface area contributed by atoms with Gasteiger partial charge in [0.25, 0.3) is 0 Å². The number of hydrogen-bond acceptors (Lipinski definition) is 4. The summed E-state index contributed by atoms with van der Waals surface area (Å²) in [5.74, 6) is -2.05. The third kappa shape index (κ3) is 3.24. The molecule has 0 atom stereocenters. The van der Waals surface area contributed by atoms with E-state index in [1.165, 1.54) is 11.3 Å². The Morgan fingerprint density at radius 1 is 1.47 bits per heavy atom. The van der Waals surface area contributed by atoms with E-state index >= 15 is 0 Å². The molecule has 0 unspecified atom stereocenters. The van der Waals surface area contributed by atoms with Gasteiger partial charge in [0.2, 0.25) is 0 Å². The van der Waals surface area contributed by atoms with Crippen molar-refractivity contribution < 1.29 is 19.8 Å². The SMILES string of the molecule is CCc1cc(SCC(=O)O)c(C(=O)O)s1. The van der Waals surface area contributed by atoms with Gasteiger partial charge in [0.1, 0.15) is 4.88 Å². The van der Waals surface area contributed by atoms with Crippen molar-refractivity contribution in [3.05, 3.63) is 15.8 Å². The fourth-order valence-corrected chi connectivity index (χ4v) is 2.92. The Bertz CT molecular complexity index is 383. The number of rotatable bonds is 5. The molecule has 15 heavy (non-hydrogen) atoms. The van der Waals surface area contributed by atoms with Gasteiger partial charge in [0.05, 0.1) is 5.75 Å². The van der Waals surface area contributed by atoms with Crippen LogP contribution in [-0.4, -0.2) is 27.9 Å². The minimum Gasteiger partial charge on any atom is -0.481 e. The van der Waals surface area contributed by atoms with Gasteiger partial charge in [-0.3, -0.25) is 4.79 Å². The smallest absolute Gasteiger partial charge is 0.347 e. The molecule has 0 aliphatic rings. The first-order valence-corrected chi connectivity index (χ1v) is 6.05. The van der Waals surface area contributed by atoms with Gasteiger partial charge in [-0.05, 0) is 12.5 Å². The lowest BCUT2D eigenvalue weighted by Crippen LogP contribution is -1.99. The molecule has 0 aliphatic heterocycles. The lowest BCUT2D eigenvalue weighted by Gasteiger charge is -1.95. The van der Waals surface area contributed by atoms with Crippen molar-refractivity contribution in [3.8, 4) is 0 Å². The molecular weight excluding hydrogens is 236 g/mol. The van der Waals surface area contributed by atoms with Crippen LogP contribution in [0.3, 0.4) is 0 Å². The van der Waals surface area contributed by atoms with Crippen molar-refractivity contribution in [2.45, 2.75) is 18.2 Å². The maximum absolute atomic E-state index is 10.8. The van der Waals surface area contributed by atoms with E-state index < -0.39 is 11.9 Å². The number of aliphatic carboxylic acids is 1. The number of aromatic carboxylic acids is 1. The first kappa shape index (κ1) is 12.1. The molecular formula is C9H10O4S2. The van der Waals surface area contributed by atoms with Crippen LogP contribution < -0.4 is 0 Å². The Labute approximate surface area is 94.9 Å². The summed E-state index contributed by atoms with van der Waals surface area (Å²) < 4.78 is 0. The van der Waals surface area contributed by atoms with E-state index in [1.807, 2.05) is 6.92 Å². The Kier molecular flexibility index (Phi) is 4.16. The molecule has 1 heterocycles. The predicted molar refractivity (Wildman–Crippen MR) is 59.0 cm³/mol. The van der Waals surface area contributed by atoms with Crippen molar-refractivity contribution in [2.75, 3.05) is 5.75 Å². The maximum atomic E-state index is 10.8. The number of thioether (sulfide) groups is 1. The summed E-state index contributed by atoms with van der Waals surface area (Å²) in [6.07, 6.45) is 0.762. The van der Waals surface area contributed by atoms with Gasteiger partial charge in [-0.2, -0.15) is 0 Å². The third-order valence-electron chi connectivity index (χ3n) is 1.64. The van der Waals surface area contributed by atoms with Crippen molar-refractivity contribution in [3.63, 3.8) is 0 Å². The summed E-state index contributed by atoms with van der Waals surface area (Å²) in [5, 5.41) is 17.4. The average molecular weight is 246 g/mol. The molecule has 0 radical (unpaired) electrons. The molecule has 0 aromatic carbocycles. The summed E-state index contributed by atoms with van der Waals surface area (Å²) in [7, 11) is 0. The fourth-order valence-electron chi connectivity index (χ4n) is 0.993. The van der Waals surface area contributed by atoms with Crippen molar-refractivity contribution in [2.24, 2.45) is 0 Å². The van der Waals surface area contributed by atoms with Crippen LogP contribution >= 0.6 is 23.1 Å². The largest absolute Gasteiger partial charge is 0.481 e. The monoisotopic (exact) mass is 246 g/mol. The minimum atomic E-state index is -0.993. The highest BCUT2D eigenvalue weighted by molar-refractivity contribution is 8.00. The van der Waals surface area contributed by atoms with E-state index in [1.54, 1.807) is 6.07 Å². The van der Waals surface area contributed by atoms with Gasteiger partial charge in [-0.25, -0.2) is 4.79 Å². The number of carbonyl (C=O) groups is 2. The van der Waals surface area contributed by atoms with Crippen LogP contribution in [0.25, 0.3) is 0 Å². The number of hydrogen-bond donors (Lipinski definition) is 2. The maximum Gasteiger partial charge on any atom is 0.347 e. The molecule has 0 aliphatic carbocycles. The van der Waals surface area contributed by atoms with E-state index in [2.05, 4.69) is 0 Å². The normalized spacial score (nSPS) is 10.2. The van der Waals surface area contributed by atoms with E-state index in [-0.39, 0.29) is 10.6 Å². The summed E-state index contributed by atoms with van der Waals surface area (Å²) in [5.41, 5.74) is 0. The topological polar surface area (TPSA) is 74.6 Å². The van der Waals surface area contributed by atoms with Gasteiger partial charge >= 0.3 is 11.9 Å². The second-order valence-corrected chi connectivity index (χ2v) is 4.90. The summed E-state index contributed by atoms with van der Waals surface area (Å²) in [6, 6.07) is 1.75. The quantitative estimate of drug-likeness (QED) is 0.779. The lowest BCUT2D eigenvalue weighted by molar-refractivity contribution is -0.133. The molecule has 0 saturated heterocycles. The van der Waals surface area contributed by atoms with Gasteiger partial charge in [-0.1, -0.05) is 6.92 Å². The highest BCUT2D eigenvalue weighted by atomic mass is 32.2. The van der Waals surface area contributed by atoms with Gasteiger partial charge < -0.3 is 10.2 Å². The molecule has 1 aromatic rings. The highest BCUT2D eigenvalue weighted by Gasteiger charge is 2.15.